The Bertz CT molecular complexity index is 895. The maximum absolute atomic E-state index is 12.6. The van der Waals surface area contributed by atoms with Gasteiger partial charge in [-0.1, -0.05) is 0 Å². The smallest absolute Gasteiger partial charge is 0.239 e. The van der Waals surface area contributed by atoms with Gasteiger partial charge in [-0.15, -0.1) is 0 Å². The van der Waals surface area contributed by atoms with Crippen molar-refractivity contribution in [1.29, 1.82) is 0 Å². The average molecular weight is 426 g/mol. The third-order valence-electron chi connectivity index (χ3n) is 6.20. The summed E-state index contributed by atoms with van der Waals surface area (Å²) < 4.78 is 27.1. The molecule has 9 nitrogen and oxygen atoms in total. The lowest BCUT2D eigenvalue weighted by atomic mass is 9.98. The van der Waals surface area contributed by atoms with Crippen LogP contribution in [0.4, 0.5) is 0 Å². The molecule has 29 heavy (non-hydrogen) atoms. The van der Waals surface area contributed by atoms with Gasteiger partial charge >= 0.3 is 0 Å². The van der Waals surface area contributed by atoms with Gasteiger partial charge in [0.1, 0.15) is 0 Å². The number of amides is 2. The molecule has 0 spiro atoms. The Morgan fingerprint density at radius 2 is 2.00 bits per heavy atom. The van der Waals surface area contributed by atoms with E-state index in [1.54, 1.807) is 4.90 Å². The molecule has 1 aromatic heterocycles. The molecule has 0 unspecified atom stereocenters. The summed E-state index contributed by atoms with van der Waals surface area (Å²) in [7, 11) is -1.41. The van der Waals surface area contributed by atoms with Gasteiger partial charge in [-0.05, 0) is 44.6 Å². The summed E-state index contributed by atoms with van der Waals surface area (Å²) in [5.74, 6) is -0.192. The minimum absolute atomic E-state index is 0.0252. The van der Waals surface area contributed by atoms with Gasteiger partial charge in [0, 0.05) is 38.8 Å². The van der Waals surface area contributed by atoms with Crippen LogP contribution in [-0.2, 0) is 33.1 Å². The Kier molecular flexibility index (Phi) is 6.33. The highest BCUT2D eigenvalue weighted by atomic mass is 32.2. The first-order valence-corrected chi connectivity index (χ1v) is 11.9. The van der Waals surface area contributed by atoms with Gasteiger partial charge in [-0.25, -0.2) is 8.42 Å². The molecule has 0 radical (unpaired) electrons. The molecule has 2 fully saturated rings. The van der Waals surface area contributed by atoms with Gasteiger partial charge in [-0.2, -0.15) is 9.40 Å². The van der Waals surface area contributed by atoms with E-state index >= 15 is 0 Å². The molecule has 162 valence electrons. The van der Waals surface area contributed by atoms with Crippen molar-refractivity contribution in [1.82, 2.24) is 24.3 Å². The van der Waals surface area contributed by atoms with E-state index in [4.69, 9.17) is 0 Å². The Morgan fingerprint density at radius 1 is 1.28 bits per heavy atom. The van der Waals surface area contributed by atoms with Crippen LogP contribution < -0.4 is 5.32 Å². The number of aromatic nitrogens is 2. The van der Waals surface area contributed by atoms with Gasteiger partial charge in [0.05, 0.1) is 24.5 Å². The zero-order valence-electron chi connectivity index (χ0n) is 17.6. The number of nitrogens with one attached hydrogen (secondary N) is 1. The van der Waals surface area contributed by atoms with Crippen molar-refractivity contribution in [3.8, 4) is 0 Å². The van der Waals surface area contributed by atoms with E-state index in [2.05, 4.69) is 10.4 Å². The van der Waals surface area contributed by atoms with Crippen LogP contribution in [0.2, 0.25) is 0 Å². The van der Waals surface area contributed by atoms with Crippen molar-refractivity contribution >= 4 is 21.8 Å². The summed E-state index contributed by atoms with van der Waals surface area (Å²) in [6, 6.07) is -0.228. The number of aryl methyl sites for hydroxylation is 2. The molecule has 2 amide bonds. The fourth-order valence-electron chi connectivity index (χ4n) is 4.49. The van der Waals surface area contributed by atoms with Gasteiger partial charge < -0.3 is 10.2 Å². The maximum atomic E-state index is 12.6. The quantitative estimate of drug-likeness (QED) is 0.689. The van der Waals surface area contributed by atoms with Crippen LogP contribution >= 0.6 is 0 Å². The monoisotopic (exact) mass is 425 g/mol. The van der Waals surface area contributed by atoms with Gasteiger partial charge in [0.25, 0.3) is 0 Å². The SMILES string of the molecule is Cc1nn(C)c(C)c1CCNC(=O)CN1C(=O)CCC[C@@H]2CN(S(C)(=O)=O)C[C@@H]21. The summed E-state index contributed by atoms with van der Waals surface area (Å²) in [5.41, 5.74) is 3.16. The molecule has 2 aliphatic heterocycles. The van der Waals surface area contributed by atoms with Crippen molar-refractivity contribution in [2.24, 2.45) is 13.0 Å². The molecule has 0 bridgehead atoms. The molecule has 0 aromatic carbocycles. The lowest BCUT2D eigenvalue weighted by Crippen LogP contribution is -2.48. The van der Waals surface area contributed by atoms with E-state index in [1.807, 2.05) is 25.6 Å². The largest absolute Gasteiger partial charge is 0.354 e. The first-order chi connectivity index (χ1) is 13.6. The zero-order valence-corrected chi connectivity index (χ0v) is 18.5. The Balaban J connectivity index is 1.61. The van der Waals surface area contributed by atoms with Crippen LogP contribution in [0.3, 0.4) is 0 Å². The van der Waals surface area contributed by atoms with Crippen molar-refractivity contribution in [3.05, 3.63) is 17.0 Å². The third kappa shape index (κ3) is 4.80. The molecule has 1 N–H and O–H groups in total. The number of fused-ring (bicyclic) bond motifs is 1. The molecular formula is C19H31N5O4S. The molecule has 2 saturated heterocycles. The van der Waals surface area contributed by atoms with E-state index in [1.165, 1.54) is 10.6 Å². The number of carbonyl (C=O) groups is 2. The Hall–Kier alpha value is -1.94. The summed E-state index contributed by atoms with van der Waals surface area (Å²) in [6.45, 7) is 5.10. The van der Waals surface area contributed by atoms with Gasteiger partial charge in [0.15, 0.2) is 0 Å². The summed E-state index contributed by atoms with van der Waals surface area (Å²) in [6.07, 6.45) is 3.82. The minimum atomic E-state index is -3.31. The lowest BCUT2D eigenvalue weighted by Gasteiger charge is -2.29. The normalized spacial score (nSPS) is 23.2. The Labute approximate surface area is 172 Å². The number of nitrogens with zero attached hydrogens (tertiary/aromatic N) is 4. The zero-order chi connectivity index (χ0) is 21.3. The second-order valence-electron chi connectivity index (χ2n) is 8.19. The third-order valence-corrected chi connectivity index (χ3v) is 7.43. The van der Waals surface area contributed by atoms with E-state index in [-0.39, 0.29) is 36.9 Å². The second kappa shape index (κ2) is 8.43. The standard InChI is InChI=1S/C19H31N5O4S/c1-13-16(14(2)22(3)21-13)8-9-20-18(25)12-24-17-11-23(29(4,27)28)10-15(17)6-5-7-19(24)26/h15,17H,5-12H2,1-4H3,(H,20,25)/t15-,17+/m1/s1. The van der Waals surface area contributed by atoms with Crippen LogP contribution in [0.25, 0.3) is 0 Å². The van der Waals surface area contributed by atoms with Gasteiger partial charge in [-0.3, -0.25) is 14.3 Å². The molecule has 2 atom stereocenters. The van der Waals surface area contributed by atoms with E-state index < -0.39 is 10.0 Å². The van der Waals surface area contributed by atoms with E-state index in [0.717, 1.165) is 29.8 Å². The molecular weight excluding hydrogens is 394 g/mol. The molecule has 3 rings (SSSR count). The fourth-order valence-corrected chi connectivity index (χ4v) is 5.38. The molecule has 3 heterocycles. The fraction of sp³-hybridized carbons (Fsp3) is 0.737. The summed E-state index contributed by atoms with van der Waals surface area (Å²) in [4.78, 5) is 26.7. The first kappa shape index (κ1) is 21.8. The molecule has 2 aliphatic rings. The number of carbonyl (C=O) groups excluding carboxylic acids is 2. The highest BCUT2D eigenvalue weighted by molar-refractivity contribution is 7.88. The minimum Gasteiger partial charge on any atom is -0.354 e. The van der Waals surface area contributed by atoms with Crippen molar-refractivity contribution < 1.29 is 18.0 Å². The number of rotatable bonds is 6. The van der Waals surface area contributed by atoms with Crippen LogP contribution in [0.1, 0.15) is 36.2 Å². The highest BCUT2D eigenvalue weighted by Gasteiger charge is 2.43. The van der Waals surface area contributed by atoms with E-state index in [0.29, 0.717) is 25.9 Å². The number of hydrogen-bond acceptors (Lipinski definition) is 5. The van der Waals surface area contributed by atoms with Gasteiger partial charge in [0.2, 0.25) is 21.8 Å². The molecule has 0 saturated carbocycles. The summed E-state index contributed by atoms with van der Waals surface area (Å²) >= 11 is 0. The van der Waals surface area contributed by atoms with Crippen molar-refractivity contribution in [2.45, 2.75) is 45.6 Å². The average Bonchev–Trinajstić information content (AvgIpc) is 3.11. The number of likely N-dealkylation sites (tertiary alicyclic amines) is 1. The number of hydrogen-bond donors (Lipinski definition) is 1. The predicted octanol–water partition coefficient (Wildman–Crippen LogP) is -0.0319. The molecule has 0 aliphatic carbocycles. The van der Waals surface area contributed by atoms with Crippen LogP contribution in [0.15, 0.2) is 0 Å². The van der Waals surface area contributed by atoms with Crippen molar-refractivity contribution in [2.75, 3.05) is 32.4 Å². The highest BCUT2D eigenvalue weighted by Crippen LogP contribution is 2.31. The predicted molar refractivity (Wildman–Crippen MR) is 109 cm³/mol. The lowest BCUT2D eigenvalue weighted by molar-refractivity contribution is -0.138. The van der Waals surface area contributed by atoms with Crippen LogP contribution in [0.5, 0.6) is 0 Å². The van der Waals surface area contributed by atoms with Crippen LogP contribution in [-0.4, -0.2) is 77.7 Å². The number of sulfonamides is 1. The second-order valence-corrected chi connectivity index (χ2v) is 10.2. The van der Waals surface area contributed by atoms with Crippen LogP contribution in [0, 0.1) is 19.8 Å². The van der Waals surface area contributed by atoms with E-state index in [9.17, 15) is 18.0 Å². The molecule has 1 aromatic rings. The summed E-state index contributed by atoms with van der Waals surface area (Å²) in [5, 5.41) is 7.29. The first-order valence-electron chi connectivity index (χ1n) is 10.1. The Morgan fingerprint density at radius 3 is 2.62 bits per heavy atom. The van der Waals surface area contributed by atoms with Crippen molar-refractivity contribution in [3.63, 3.8) is 0 Å². The maximum Gasteiger partial charge on any atom is 0.239 e. The molecule has 10 heteroatoms. The topological polar surface area (TPSA) is 105 Å².